The highest BCUT2D eigenvalue weighted by molar-refractivity contribution is 5.79. The van der Waals surface area contributed by atoms with E-state index in [2.05, 4.69) is 12.2 Å². The van der Waals surface area contributed by atoms with Crippen LogP contribution >= 0.6 is 0 Å². The van der Waals surface area contributed by atoms with Crippen LogP contribution in [0.3, 0.4) is 0 Å². The maximum absolute atomic E-state index is 11.9. The van der Waals surface area contributed by atoms with Crippen molar-refractivity contribution in [1.82, 2.24) is 5.32 Å². The number of para-hydroxylation sites is 1. The quantitative estimate of drug-likeness (QED) is 0.862. The number of carbonyl (C=O) groups is 1. The molecule has 3 nitrogen and oxygen atoms in total. The van der Waals surface area contributed by atoms with Crippen molar-refractivity contribution < 1.29 is 9.90 Å². The van der Waals surface area contributed by atoms with Gasteiger partial charge in [-0.2, -0.15) is 0 Å². The fourth-order valence-electron chi connectivity index (χ4n) is 2.68. The van der Waals surface area contributed by atoms with E-state index >= 15 is 0 Å². The Kier molecular flexibility index (Phi) is 4.24. The Labute approximate surface area is 108 Å². The van der Waals surface area contributed by atoms with Crippen LogP contribution in [0.5, 0.6) is 5.75 Å². The van der Waals surface area contributed by atoms with E-state index in [4.69, 9.17) is 0 Å². The van der Waals surface area contributed by atoms with Gasteiger partial charge in [0, 0.05) is 11.6 Å². The van der Waals surface area contributed by atoms with Crippen LogP contribution in [0.25, 0.3) is 0 Å². The molecule has 0 bridgehead atoms. The van der Waals surface area contributed by atoms with Gasteiger partial charge in [-0.25, -0.2) is 0 Å². The molecule has 1 aliphatic rings. The summed E-state index contributed by atoms with van der Waals surface area (Å²) in [5.74, 6) is 0.912. The maximum atomic E-state index is 11.9. The van der Waals surface area contributed by atoms with Gasteiger partial charge in [0.1, 0.15) is 5.75 Å². The molecule has 0 spiro atoms. The van der Waals surface area contributed by atoms with Gasteiger partial charge in [-0.1, -0.05) is 38.0 Å². The number of nitrogens with one attached hydrogen (secondary N) is 1. The predicted octanol–water partition coefficient (Wildman–Crippen LogP) is 2.63. The van der Waals surface area contributed by atoms with Gasteiger partial charge in [-0.05, 0) is 24.8 Å². The lowest BCUT2D eigenvalue weighted by Crippen LogP contribution is -2.38. The van der Waals surface area contributed by atoms with Gasteiger partial charge in [-0.3, -0.25) is 4.79 Å². The van der Waals surface area contributed by atoms with Crippen molar-refractivity contribution >= 4 is 5.91 Å². The SMILES string of the molecule is CC1CCCC(NC(=O)Cc2ccccc2O)C1. The van der Waals surface area contributed by atoms with Crippen molar-refractivity contribution in [2.75, 3.05) is 0 Å². The Hall–Kier alpha value is -1.51. The van der Waals surface area contributed by atoms with Gasteiger partial charge in [0.15, 0.2) is 0 Å². The molecule has 2 N–H and O–H groups in total. The minimum Gasteiger partial charge on any atom is -0.508 e. The van der Waals surface area contributed by atoms with Gasteiger partial charge in [0.2, 0.25) is 5.91 Å². The molecule has 1 saturated carbocycles. The average molecular weight is 247 g/mol. The van der Waals surface area contributed by atoms with Crippen molar-refractivity contribution in [1.29, 1.82) is 0 Å². The Balaban J connectivity index is 1.87. The topological polar surface area (TPSA) is 49.3 Å². The first-order chi connectivity index (χ1) is 8.65. The number of amides is 1. The second-order valence-corrected chi connectivity index (χ2v) is 5.34. The summed E-state index contributed by atoms with van der Waals surface area (Å²) in [7, 11) is 0. The third-order valence-electron chi connectivity index (χ3n) is 3.64. The predicted molar refractivity (Wildman–Crippen MR) is 71.4 cm³/mol. The molecular formula is C15H21NO2. The third-order valence-corrected chi connectivity index (χ3v) is 3.64. The number of hydrogen-bond acceptors (Lipinski definition) is 2. The molecule has 1 fully saturated rings. The zero-order chi connectivity index (χ0) is 13.0. The van der Waals surface area contributed by atoms with Crippen molar-refractivity contribution in [3.63, 3.8) is 0 Å². The molecule has 0 heterocycles. The lowest BCUT2D eigenvalue weighted by atomic mass is 9.87. The largest absolute Gasteiger partial charge is 0.508 e. The van der Waals surface area contributed by atoms with Crippen LogP contribution in [0.1, 0.15) is 38.2 Å². The minimum atomic E-state index is 0.00981. The van der Waals surface area contributed by atoms with E-state index < -0.39 is 0 Å². The molecular weight excluding hydrogens is 226 g/mol. The van der Waals surface area contributed by atoms with Crippen LogP contribution in [0.15, 0.2) is 24.3 Å². The van der Waals surface area contributed by atoms with Crippen LogP contribution < -0.4 is 5.32 Å². The van der Waals surface area contributed by atoms with Gasteiger partial charge >= 0.3 is 0 Å². The Morgan fingerprint density at radius 2 is 2.17 bits per heavy atom. The number of phenolic OH excluding ortho intramolecular Hbond substituents is 1. The summed E-state index contributed by atoms with van der Waals surface area (Å²) < 4.78 is 0. The van der Waals surface area contributed by atoms with Gasteiger partial charge < -0.3 is 10.4 Å². The smallest absolute Gasteiger partial charge is 0.224 e. The lowest BCUT2D eigenvalue weighted by Gasteiger charge is -2.27. The molecule has 1 amide bonds. The van der Waals surface area contributed by atoms with Crippen LogP contribution in [0, 0.1) is 5.92 Å². The standard InChI is InChI=1S/C15H21NO2/c1-11-5-4-7-13(9-11)16-15(18)10-12-6-2-3-8-14(12)17/h2-3,6,8,11,13,17H,4-5,7,9-10H2,1H3,(H,16,18). The van der Waals surface area contributed by atoms with Crippen LogP contribution in [-0.4, -0.2) is 17.1 Å². The van der Waals surface area contributed by atoms with Crippen molar-refractivity contribution in [3.05, 3.63) is 29.8 Å². The normalized spacial score (nSPS) is 23.6. The molecule has 2 atom stereocenters. The van der Waals surface area contributed by atoms with E-state index in [-0.39, 0.29) is 18.1 Å². The number of phenols is 1. The summed E-state index contributed by atoms with van der Waals surface area (Å²) in [5, 5.41) is 12.7. The molecule has 0 aliphatic heterocycles. The van der Waals surface area contributed by atoms with Crippen LogP contribution in [-0.2, 0) is 11.2 Å². The molecule has 3 heteroatoms. The second-order valence-electron chi connectivity index (χ2n) is 5.34. The number of carbonyl (C=O) groups excluding carboxylic acids is 1. The summed E-state index contributed by atoms with van der Waals surface area (Å²) >= 11 is 0. The Bertz CT molecular complexity index is 417. The van der Waals surface area contributed by atoms with Crippen molar-refractivity contribution in [2.24, 2.45) is 5.92 Å². The van der Waals surface area contributed by atoms with E-state index in [1.807, 2.05) is 6.07 Å². The lowest BCUT2D eigenvalue weighted by molar-refractivity contribution is -0.121. The third kappa shape index (κ3) is 3.49. The fraction of sp³-hybridized carbons (Fsp3) is 0.533. The summed E-state index contributed by atoms with van der Waals surface area (Å²) in [6.45, 7) is 2.24. The molecule has 1 aromatic rings. The number of hydrogen-bond donors (Lipinski definition) is 2. The Morgan fingerprint density at radius 3 is 2.89 bits per heavy atom. The highest BCUT2D eigenvalue weighted by Crippen LogP contribution is 2.23. The number of rotatable bonds is 3. The van der Waals surface area contributed by atoms with Gasteiger partial charge in [0.05, 0.1) is 6.42 Å². The monoisotopic (exact) mass is 247 g/mol. The number of benzene rings is 1. The van der Waals surface area contributed by atoms with Crippen LogP contribution in [0.2, 0.25) is 0 Å². The molecule has 2 unspecified atom stereocenters. The maximum Gasteiger partial charge on any atom is 0.224 e. The summed E-state index contributed by atoms with van der Waals surface area (Å²) in [4.78, 5) is 11.9. The van der Waals surface area contributed by atoms with E-state index in [9.17, 15) is 9.90 Å². The molecule has 98 valence electrons. The van der Waals surface area contributed by atoms with E-state index in [1.165, 1.54) is 12.8 Å². The molecule has 0 saturated heterocycles. The molecule has 0 aromatic heterocycles. The Morgan fingerprint density at radius 1 is 1.39 bits per heavy atom. The average Bonchev–Trinajstić information content (AvgIpc) is 2.32. The van der Waals surface area contributed by atoms with Gasteiger partial charge in [0.25, 0.3) is 0 Å². The zero-order valence-corrected chi connectivity index (χ0v) is 10.9. The first kappa shape index (κ1) is 12.9. The fourth-order valence-corrected chi connectivity index (χ4v) is 2.68. The molecule has 1 aliphatic carbocycles. The van der Waals surface area contributed by atoms with Crippen molar-refractivity contribution in [3.8, 4) is 5.75 Å². The van der Waals surface area contributed by atoms with E-state index in [1.54, 1.807) is 18.2 Å². The highest BCUT2D eigenvalue weighted by Gasteiger charge is 2.20. The van der Waals surface area contributed by atoms with Crippen LogP contribution in [0.4, 0.5) is 0 Å². The molecule has 1 aromatic carbocycles. The first-order valence-electron chi connectivity index (χ1n) is 6.71. The van der Waals surface area contributed by atoms with Gasteiger partial charge in [-0.15, -0.1) is 0 Å². The molecule has 18 heavy (non-hydrogen) atoms. The summed E-state index contributed by atoms with van der Waals surface area (Å²) in [5.41, 5.74) is 0.693. The van der Waals surface area contributed by atoms with E-state index in [0.717, 1.165) is 12.8 Å². The highest BCUT2D eigenvalue weighted by atomic mass is 16.3. The second kappa shape index (κ2) is 5.89. The van der Waals surface area contributed by atoms with Crippen molar-refractivity contribution in [2.45, 2.75) is 45.1 Å². The zero-order valence-electron chi connectivity index (χ0n) is 10.9. The summed E-state index contributed by atoms with van der Waals surface area (Å²) in [6, 6.07) is 7.32. The first-order valence-corrected chi connectivity index (χ1v) is 6.71. The van der Waals surface area contributed by atoms with E-state index in [0.29, 0.717) is 17.5 Å². The molecule has 0 radical (unpaired) electrons. The minimum absolute atomic E-state index is 0.00981. The number of aromatic hydroxyl groups is 1. The summed E-state index contributed by atoms with van der Waals surface area (Å²) in [6.07, 6.45) is 4.88. The molecule has 2 rings (SSSR count).